The van der Waals surface area contributed by atoms with Crippen molar-refractivity contribution >= 4 is 17.3 Å². The van der Waals surface area contributed by atoms with Gasteiger partial charge in [0.15, 0.2) is 0 Å². The van der Waals surface area contributed by atoms with E-state index in [2.05, 4.69) is 5.32 Å². The number of aromatic carboxylic acids is 1. The van der Waals surface area contributed by atoms with Gasteiger partial charge in [-0.05, 0) is 30.3 Å². The Morgan fingerprint density at radius 1 is 1.25 bits per heavy atom. The Kier molecular flexibility index (Phi) is 3.62. The molecule has 6 heteroatoms. The molecule has 0 atom stereocenters. The van der Waals surface area contributed by atoms with E-state index in [1.807, 2.05) is 0 Å². The molecule has 2 aromatic carbocycles. The summed E-state index contributed by atoms with van der Waals surface area (Å²) in [5.41, 5.74) is -0.479. The molecular weight excluding hydrogens is 266 g/mol. The zero-order valence-corrected chi connectivity index (χ0v) is 10.0. The summed E-state index contributed by atoms with van der Waals surface area (Å²) in [5.74, 6) is -2.70. The van der Waals surface area contributed by atoms with Crippen molar-refractivity contribution in [1.29, 1.82) is 5.26 Å². The molecule has 2 N–H and O–H groups in total. The van der Waals surface area contributed by atoms with Crippen LogP contribution in [-0.2, 0) is 0 Å². The van der Waals surface area contributed by atoms with Gasteiger partial charge in [-0.25, -0.2) is 13.6 Å². The second-order valence-corrected chi connectivity index (χ2v) is 3.89. The van der Waals surface area contributed by atoms with Gasteiger partial charge in [-0.1, -0.05) is 6.07 Å². The van der Waals surface area contributed by atoms with Crippen LogP contribution in [0.25, 0.3) is 0 Å². The first-order valence-electron chi connectivity index (χ1n) is 5.51. The molecule has 0 saturated carbocycles. The lowest BCUT2D eigenvalue weighted by atomic mass is 10.1. The first-order chi connectivity index (χ1) is 9.52. The van der Waals surface area contributed by atoms with Crippen LogP contribution in [0.5, 0.6) is 0 Å². The minimum Gasteiger partial charge on any atom is -0.478 e. The van der Waals surface area contributed by atoms with Crippen molar-refractivity contribution in [2.45, 2.75) is 0 Å². The SMILES string of the molecule is N#Cc1cc(F)ccc1Nc1c(F)cccc1C(=O)O. The predicted molar refractivity (Wildman–Crippen MR) is 67.8 cm³/mol. The van der Waals surface area contributed by atoms with Gasteiger partial charge in [0.2, 0.25) is 0 Å². The smallest absolute Gasteiger partial charge is 0.337 e. The maximum Gasteiger partial charge on any atom is 0.337 e. The van der Waals surface area contributed by atoms with Crippen LogP contribution in [0.4, 0.5) is 20.2 Å². The third kappa shape index (κ3) is 2.57. The molecule has 0 aromatic heterocycles. The fourth-order valence-corrected chi connectivity index (χ4v) is 1.68. The quantitative estimate of drug-likeness (QED) is 0.900. The van der Waals surface area contributed by atoms with Crippen LogP contribution in [0.2, 0.25) is 0 Å². The van der Waals surface area contributed by atoms with Gasteiger partial charge < -0.3 is 10.4 Å². The molecule has 20 heavy (non-hydrogen) atoms. The van der Waals surface area contributed by atoms with Crippen LogP contribution in [0.1, 0.15) is 15.9 Å². The van der Waals surface area contributed by atoms with Crippen molar-refractivity contribution in [1.82, 2.24) is 0 Å². The topological polar surface area (TPSA) is 73.1 Å². The Hall–Kier alpha value is -2.94. The van der Waals surface area contributed by atoms with E-state index in [-0.39, 0.29) is 22.5 Å². The second-order valence-electron chi connectivity index (χ2n) is 3.89. The zero-order valence-electron chi connectivity index (χ0n) is 10.0. The highest BCUT2D eigenvalue weighted by atomic mass is 19.1. The monoisotopic (exact) mass is 274 g/mol. The fraction of sp³-hybridized carbons (Fsp3) is 0. The number of nitriles is 1. The van der Waals surface area contributed by atoms with Crippen LogP contribution >= 0.6 is 0 Å². The maximum atomic E-state index is 13.7. The first kappa shape index (κ1) is 13.5. The standard InChI is InChI=1S/C14H8F2N2O2/c15-9-4-5-12(8(6-9)7-17)18-13-10(14(19)20)2-1-3-11(13)16/h1-6,18H,(H,19,20). The maximum absolute atomic E-state index is 13.7. The third-order valence-electron chi connectivity index (χ3n) is 2.61. The molecule has 2 aromatic rings. The Balaban J connectivity index is 2.51. The van der Waals surface area contributed by atoms with Gasteiger partial charge in [-0.15, -0.1) is 0 Å². The Labute approximate surface area is 112 Å². The summed E-state index contributed by atoms with van der Waals surface area (Å²) in [6.07, 6.45) is 0. The number of hydrogen-bond acceptors (Lipinski definition) is 3. The summed E-state index contributed by atoms with van der Waals surface area (Å²) < 4.78 is 26.7. The number of carbonyl (C=O) groups is 1. The normalized spacial score (nSPS) is 9.85. The molecule has 0 radical (unpaired) electrons. The summed E-state index contributed by atoms with van der Waals surface area (Å²) in [5, 5.41) is 20.4. The average Bonchev–Trinajstić information content (AvgIpc) is 2.42. The number of benzene rings is 2. The molecule has 0 spiro atoms. The van der Waals surface area contributed by atoms with E-state index in [0.717, 1.165) is 18.2 Å². The number of para-hydroxylation sites is 1. The average molecular weight is 274 g/mol. The number of hydrogen-bond donors (Lipinski definition) is 2. The lowest BCUT2D eigenvalue weighted by Crippen LogP contribution is -2.05. The van der Waals surface area contributed by atoms with E-state index in [1.165, 1.54) is 18.2 Å². The van der Waals surface area contributed by atoms with Gasteiger partial charge in [0, 0.05) is 0 Å². The van der Waals surface area contributed by atoms with Crippen LogP contribution < -0.4 is 5.32 Å². The van der Waals surface area contributed by atoms with E-state index >= 15 is 0 Å². The van der Waals surface area contributed by atoms with Gasteiger partial charge in [0.25, 0.3) is 0 Å². The lowest BCUT2D eigenvalue weighted by molar-refractivity contribution is 0.0697. The van der Waals surface area contributed by atoms with Crippen LogP contribution in [0.3, 0.4) is 0 Å². The van der Waals surface area contributed by atoms with Crippen molar-refractivity contribution in [3.8, 4) is 6.07 Å². The minimum atomic E-state index is -1.31. The van der Waals surface area contributed by atoms with Crippen molar-refractivity contribution in [3.63, 3.8) is 0 Å². The number of anilines is 2. The summed E-state index contributed by atoms with van der Waals surface area (Å²) >= 11 is 0. The molecule has 0 bridgehead atoms. The molecule has 0 aliphatic heterocycles. The fourth-order valence-electron chi connectivity index (χ4n) is 1.68. The van der Waals surface area contributed by atoms with Gasteiger partial charge in [0.1, 0.15) is 17.7 Å². The molecule has 0 fully saturated rings. The van der Waals surface area contributed by atoms with E-state index in [0.29, 0.717) is 0 Å². The van der Waals surface area contributed by atoms with Crippen molar-refractivity contribution < 1.29 is 18.7 Å². The predicted octanol–water partition coefficient (Wildman–Crippen LogP) is 3.28. The van der Waals surface area contributed by atoms with E-state index in [4.69, 9.17) is 10.4 Å². The van der Waals surface area contributed by atoms with Gasteiger partial charge >= 0.3 is 5.97 Å². The highest BCUT2D eigenvalue weighted by molar-refractivity contribution is 5.95. The molecule has 2 rings (SSSR count). The molecule has 4 nitrogen and oxygen atoms in total. The summed E-state index contributed by atoms with van der Waals surface area (Å²) in [6, 6.07) is 8.63. The first-order valence-corrected chi connectivity index (χ1v) is 5.51. The van der Waals surface area contributed by atoms with Crippen molar-refractivity contribution in [2.75, 3.05) is 5.32 Å². The number of rotatable bonds is 3. The molecule has 0 amide bonds. The van der Waals surface area contributed by atoms with Crippen LogP contribution in [0, 0.1) is 23.0 Å². The number of nitrogens with one attached hydrogen (secondary N) is 1. The number of halogens is 2. The largest absolute Gasteiger partial charge is 0.478 e. The van der Waals surface area contributed by atoms with Crippen LogP contribution in [0.15, 0.2) is 36.4 Å². The number of carboxylic acid groups (broad SMARTS) is 1. The number of nitrogens with zero attached hydrogens (tertiary/aromatic N) is 1. The molecular formula is C14H8F2N2O2. The second kappa shape index (κ2) is 5.36. The Morgan fingerprint density at radius 2 is 2.00 bits per heavy atom. The van der Waals surface area contributed by atoms with E-state index in [9.17, 15) is 13.6 Å². The van der Waals surface area contributed by atoms with Crippen molar-refractivity contribution in [2.24, 2.45) is 0 Å². The highest BCUT2D eigenvalue weighted by Crippen LogP contribution is 2.26. The minimum absolute atomic E-state index is 0.0513. The Morgan fingerprint density at radius 3 is 2.65 bits per heavy atom. The highest BCUT2D eigenvalue weighted by Gasteiger charge is 2.15. The molecule has 0 saturated heterocycles. The van der Waals surface area contributed by atoms with E-state index in [1.54, 1.807) is 6.07 Å². The van der Waals surface area contributed by atoms with Gasteiger partial charge in [-0.3, -0.25) is 0 Å². The van der Waals surface area contributed by atoms with E-state index < -0.39 is 17.6 Å². The zero-order chi connectivity index (χ0) is 14.7. The molecule has 0 aliphatic rings. The summed E-state index contributed by atoms with van der Waals surface area (Å²) in [7, 11) is 0. The van der Waals surface area contributed by atoms with Gasteiger partial charge in [0.05, 0.1) is 22.5 Å². The molecule has 0 unspecified atom stereocenters. The third-order valence-corrected chi connectivity index (χ3v) is 2.61. The molecule has 0 heterocycles. The van der Waals surface area contributed by atoms with Crippen LogP contribution in [-0.4, -0.2) is 11.1 Å². The summed E-state index contributed by atoms with van der Waals surface area (Å²) in [4.78, 5) is 11.0. The Bertz CT molecular complexity index is 724. The van der Waals surface area contributed by atoms with Crippen molar-refractivity contribution in [3.05, 3.63) is 59.2 Å². The molecule has 0 aliphatic carbocycles. The molecule has 100 valence electrons. The van der Waals surface area contributed by atoms with Gasteiger partial charge in [-0.2, -0.15) is 5.26 Å². The number of carboxylic acids is 1. The summed E-state index contributed by atoms with van der Waals surface area (Å²) in [6.45, 7) is 0. The lowest BCUT2D eigenvalue weighted by Gasteiger charge is -2.11.